The van der Waals surface area contributed by atoms with Gasteiger partial charge in [-0.2, -0.15) is 0 Å². The van der Waals surface area contributed by atoms with E-state index in [0.717, 1.165) is 11.0 Å². The lowest BCUT2D eigenvalue weighted by Gasteiger charge is -2.24. The van der Waals surface area contributed by atoms with Crippen LogP contribution in [0.5, 0.6) is 0 Å². The molecule has 3 aliphatic rings. The molecule has 2 fully saturated rings. The van der Waals surface area contributed by atoms with Crippen molar-refractivity contribution in [2.75, 3.05) is 4.90 Å². The molecule has 1 aromatic rings. The van der Waals surface area contributed by atoms with Gasteiger partial charge in [-0.1, -0.05) is 23.8 Å². The molecule has 0 unspecified atom stereocenters. The van der Waals surface area contributed by atoms with Gasteiger partial charge in [0.05, 0.1) is 39.2 Å². The van der Waals surface area contributed by atoms with Crippen LogP contribution < -0.4 is 4.90 Å². The molecular formula is C15H11ClN2O5. The Morgan fingerprint density at radius 3 is 2.74 bits per heavy atom. The Bertz CT molecular complexity index is 807. The maximum atomic E-state index is 12.8. The topological polar surface area (TPSA) is 89.8 Å². The second-order valence-corrected chi connectivity index (χ2v) is 6.44. The summed E-state index contributed by atoms with van der Waals surface area (Å²) in [6.45, 7) is 1.76. The number of carbonyl (C=O) groups excluding carboxylic acids is 2. The minimum atomic E-state index is -0.815. The summed E-state index contributed by atoms with van der Waals surface area (Å²) in [4.78, 5) is 36.8. The monoisotopic (exact) mass is 334 g/mol. The molecule has 2 saturated heterocycles. The van der Waals surface area contributed by atoms with Gasteiger partial charge < -0.3 is 4.74 Å². The van der Waals surface area contributed by atoms with E-state index in [2.05, 4.69) is 0 Å². The summed E-state index contributed by atoms with van der Waals surface area (Å²) >= 11 is 6.08. The standard InChI is InChI=1S/C15H11ClN2O5/c1-15-5-4-10(23-15)11-12(15)14(20)17(13(11)19)9-6-7(18(21)22)2-3-8(9)16/h2-6,10-12H,1H3/t10-,11+,12-,15-/m1/s1. The average Bonchev–Trinajstić information content (AvgIpc) is 3.09. The normalized spacial score (nSPS) is 34.3. The lowest BCUT2D eigenvalue weighted by Crippen LogP contribution is -2.38. The zero-order chi connectivity index (χ0) is 16.5. The zero-order valence-electron chi connectivity index (χ0n) is 11.9. The summed E-state index contributed by atoms with van der Waals surface area (Å²) in [7, 11) is 0. The molecule has 0 aromatic heterocycles. The molecular weight excluding hydrogens is 324 g/mol. The van der Waals surface area contributed by atoms with Crippen molar-refractivity contribution in [1.82, 2.24) is 0 Å². The van der Waals surface area contributed by atoms with Crippen LogP contribution in [0.25, 0.3) is 0 Å². The number of carbonyl (C=O) groups is 2. The Morgan fingerprint density at radius 2 is 2.09 bits per heavy atom. The molecule has 0 saturated carbocycles. The number of fused-ring (bicyclic) bond motifs is 5. The molecule has 0 radical (unpaired) electrons. The van der Waals surface area contributed by atoms with E-state index < -0.39 is 40.3 Å². The van der Waals surface area contributed by atoms with Crippen molar-refractivity contribution in [2.45, 2.75) is 18.6 Å². The molecule has 4 atom stereocenters. The highest BCUT2D eigenvalue weighted by atomic mass is 35.5. The average molecular weight is 335 g/mol. The van der Waals surface area contributed by atoms with Gasteiger partial charge in [-0.25, -0.2) is 4.90 Å². The number of halogens is 1. The molecule has 0 aliphatic carbocycles. The Kier molecular flexibility index (Phi) is 2.74. The highest BCUT2D eigenvalue weighted by molar-refractivity contribution is 6.36. The minimum Gasteiger partial charge on any atom is -0.362 e. The van der Waals surface area contributed by atoms with Crippen LogP contribution in [0.1, 0.15) is 6.92 Å². The van der Waals surface area contributed by atoms with Crippen LogP contribution in [-0.4, -0.2) is 28.4 Å². The van der Waals surface area contributed by atoms with Crippen LogP contribution in [0.15, 0.2) is 30.4 Å². The number of non-ortho nitro benzene ring substituents is 1. The lowest BCUT2D eigenvalue weighted by atomic mass is 9.78. The first-order chi connectivity index (χ1) is 10.8. The van der Waals surface area contributed by atoms with E-state index in [1.807, 2.05) is 0 Å². The molecule has 3 heterocycles. The van der Waals surface area contributed by atoms with Crippen LogP contribution in [0, 0.1) is 22.0 Å². The fraction of sp³-hybridized carbons (Fsp3) is 0.333. The van der Waals surface area contributed by atoms with E-state index in [1.165, 1.54) is 12.1 Å². The van der Waals surface area contributed by atoms with Gasteiger partial charge in [0.25, 0.3) is 5.69 Å². The van der Waals surface area contributed by atoms with Crippen molar-refractivity contribution in [3.63, 3.8) is 0 Å². The highest BCUT2D eigenvalue weighted by Crippen LogP contribution is 2.52. The van der Waals surface area contributed by atoms with Crippen LogP contribution in [0.2, 0.25) is 5.02 Å². The summed E-state index contributed by atoms with van der Waals surface area (Å²) in [5.41, 5.74) is -0.997. The molecule has 2 amide bonds. The Hall–Kier alpha value is -2.25. The molecule has 118 valence electrons. The van der Waals surface area contributed by atoms with Gasteiger partial charge in [-0.05, 0) is 13.0 Å². The number of hydrogen-bond acceptors (Lipinski definition) is 5. The van der Waals surface area contributed by atoms with E-state index >= 15 is 0 Å². The number of hydrogen-bond donors (Lipinski definition) is 0. The van der Waals surface area contributed by atoms with E-state index in [1.54, 1.807) is 19.1 Å². The second kappa shape index (κ2) is 4.39. The predicted octanol–water partition coefficient (Wildman–Crippen LogP) is 2.08. The van der Waals surface area contributed by atoms with Crippen molar-refractivity contribution in [3.05, 3.63) is 45.5 Å². The molecule has 23 heavy (non-hydrogen) atoms. The largest absolute Gasteiger partial charge is 0.362 e. The molecule has 0 N–H and O–H groups in total. The van der Waals surface area contributed by atoms with Gasteiger partial charge in [0.2, 0.25) is 11.8 Å². The number of nitro groups is 1. The molecule has 2 bridgehead atoms. The van der Waals surface area contributed by atoms with E-state index in [0.29, 0.717) is 0 Å². The first-order valence-electron chi connectivity index (χ1n) is 7.02. The third-order valence-corrected chi connectivity index (χ3v) is 5.03. The van der Waals surface area contributed by atoms with Gasteiger partial charge >= 0.3 is 0 Å². The van der Waals surface area contributed by atoms with Crippen LogP contribution in [0.4, 0.5) is 11.4 Å². The SMILES string of the molecule is C[C@]12C=C[C@@H](O1)[C@@H]1C(=O)N(c3cc([N+](=O)[O-])ccc3Cl)C(=O)[C@@H]12. The maximum Gasteiger partial charge on any atom is 0.271 e. The fourth-order valence-corrected chi connectivity index (χ4v) is 3.88. The number of rotatable bonds is 2. The predicted molar refractivity (Wildman–Crippen MR) is 80.0 cm³/mol. The molecule has 4 rings (SSSR count). The summed E-state index contributed by atoms with van der Waals surface area (Å²) in [6, 6.07) is 3.69. The zero-order valence-corrected chi connectivity index (χ0v) is 12.7. The fourth-order valence-electron chi connectivity index (χ4n) is 3.68. The lowest BCUT2D eigenvalue weighted by molar-refractivity contribution is -0.384. The Morgan fingerprint density at radius 1 is 1.35 bits per heavy atom. The molecule has 1 aromatic carbocycles. The van der Waals surface area contributed by atoms with Crippen LogP contribution in [-0.2, 0) is 14.3 Å². The number of nitrogens with zero attached hydrogens (tertiary/aromatic N) is 2. The smallest absolute Gasteiger partial charge is 0.271 e. The van der Waals surface area contributed by atoms with Gasteiger partial charge in [-0.15, -0.1) is 0 Å². The van der Waals surface area contributed by atoms with Gasteiger partial charge in [0.1, 0.15) is 0 Å². The van der Waals surface area contributed by atoms with E-state index in [4.69, 9.17) is 16.3 Å². The molecule has 8 heteroatoms. The Balaban J connectivity index is 1.81. The van der Waals surface area contributed by atoms with Crippen LogP contribution >= 0.6 is 11.6 Å². The second-order valence-electron chi connectivity index (χ2n) is 6.03. The molecule has 3 aliphatic heterocycles. The summed E-state index contributed by atoms with van der Waals surface area (Å²) in [6.07, 6.45) is 3.14. The van der Waals surface area contributed by atoms with Crippen molar-refractivity contribution >= 4 is 34.8 Å². The molecule has 7 nitrogen and oxygen atoms in total. The Labute approximate surface area is 135 Å². The van der Waals surface area contributed by atoms with Crippen molar-refractivity contribution in [1.29, 1.82) is 0 Å². The van der Waals surface area contributed by atoms with Crippen LogP contribution in [0.3, 0.4) is 0 Å². The molecule has 0 spiro atoms. The van der Waals surface area contributed by atoms with E-state index in [-0.39, 0.29) is 16.4 Å². The summed E-state index contributed by atoms with van der Waals surface area (Å²) in [5.74, 6) is -2.09. The number of imide groups is 1. The number of benzene rings is 1. The maximum absolute atomic E-state index is 12.8. The van der Waals surface area contributed by atoms with Gasteiger partial charge in [0.15, 0.2) is 0 Å². The number of amides is 2. The minimum absolute atomic E-state index is 0.0493. The first-order valence-corrected chi connectivity index (χ1v) is 7.40. The number of nitro benzene ring substituents is 1. The summed E-state index contributed by atoms with van der Waals surface area (Å²) < 4.78 is 5.72. The van der Waals surface area contributed by atoms with E-state index in [9.17, 15) is 19.7 Å². The highest BCUT2D eigenvalue weighted by Gasteiger charge is 2.66. The van der Waals surface area contributed by atoms with Gasteiger partial charge in [0, 0.05) is 12.1 Å². The third-order valence-electron chi connectivity index (χ3n) is 4.71. The summed E-state index contributed by atoms with van der Waals surface area (Å²) in [5, 5.41) is 11.1. The van der Waals surface area contributed by atoms with Crippen molar-refractivity contribution in [3.8, 4) is 0 Å². The number of anilines is 1. The number of ether oxygens (including phenoxy) is 1. The quantitative estimate of drug-likeness (QED) is 0.357. The first kappa shape index (κ1) is 14.3. The third kappa shape index (κ3) is 1.74. The van der Waals surface area contributed by atoms with Gasteiger partial charge in [-0.3, -0.25) is 19.7 Å². The van der Waals surface area contributed by atoms with Crippen molar-refractivity contribution in [2.24, 2.45) is 11.8 Å². The van der Waals surface area contributed by atoms with Crippen molar-refractivity contribution < 1.29 is 19.2 Å².